The van der Waals surface area contributed by atoms with Crippen molar-refractivity contribution < 1.29 is 33.5 Å². The van der Waals surface area contributed by atoms with Crippen LogP contribution in [-0.2, 0) is 28.6 Å². The number of rotatable bonds is 7. The molecule has 10 nitrogen and oxygen atoms in total. The van der Waals surface area contributed by atoms with Gasteiger partial charge in [0.15, 0.2) is 0 Å². The van der Waals surface area contributed by atoms with Crippen molar-refractivity contribution in [1.29, 1.82) is 0 Å². The van der Waals surface area contributed by atoms with Crippen molar-refractivity contribution in [3.63, 3.8) is 0 Å². The topological polar surface area (TPSA) is 134 Å². The van der Waals surface area contributed by atoms with Crippen molar-refractivity contribution >= 4 is 39.5 Å². The number of nitrogens with zero attached hydrogens (tertiary/aromatic N) is 1. The largest absolute Gasteiger partial charge is 0.466 e. The molecule has 0 saturated carbocycles. The Labute approximate surface area is 199 Å². The molecule has 2 rings (SSSR count). The molecule has 1 aromatic carbocycles. The molecule has 178 valence electrons. The molecular weight excluding hydrogens is 500 g/mol. The van der Waals surface area contributed by atoms with Crippen LogP contribution in [0.5, 0.6) is 0 Å². The molecule has 0 unspecified atom stereocenters. The van der Waals surface area contributed by atoms with Gasteiger partial charge in [-0.3, -0.25) is 14.9 Å². The minimum Gasteiger partial charge on any atom is -0.466 e. The average molecular weight is 525 g/mol. The summed E-state index contributed by atoms with van der Waals surface area (Å²) in [5.41, 5.74) is 0.270. The van der Waals surface area contributed by atoms with Gasteiger partial charge >= 0.3 is 17.9 Å². The van der Waals surface area contributed by atoms with Gasteiger partial charge in [0.25, 0.3) is 5.69 Å². The van der Waals surface area contributed by atoms with Crippen molar-refractivity contribution in [3.05, 3.63) is 62.5 Å². The number of nitrogens with one attached hydrogen (secondary N) is 1. The summed E-state index contributed by atoms with van der Waals surface area (Å²) in [5.74, 6) is -3.15. The van der Waals surface area contributed by atoms with E-state index < -0.39 is 41.0 Å². The zero-order valence-corrected chi connectivity index (χ0v) is 20.5. The smallest absolute Gasteiger partial charge is 0.339 e. The number of allylic oxidation sites excluding steroid dienone is 2. The molecule has 0 aromatic heterocycles. The molecule has 0 fully saturated rings. The van der Waals surface area contributed by atoms with Crippen LogP contribution in [0.1, 0.15) is 39.2 Å². The number of alkyl halides is 1. The van der Waals surface area contributed by atoms with Crippen molar-refractivity contribution in [2.75, 3.05) is 19.2 Å². The highest BCUT2D eigenvalue weighted by Crippen LogP contribution is 2.40. The first-order valence-electron chi connectivity index (χ1n) is 9.86. The van der Waals surface area contributed by atoms with E-state index in [1.54, 1.807) is 33.8 Å². The Balaban J connectivity index is 2.51. The highest BCUT2D eigenvalue weighted by molar-refractivity contribution is 9.09. The van der Waals surface area contributed by atoms with Gasteiger partial charge in [-0.25, -0.2) is 9.59 Å². The van der Waals surface area contributed by atoms with Gasteiger partial charge in [-0.15, -0.1) is 0 Å². The van der Waals surface area contributed by atoms with E-state index in [1.807, 2.05) is 0 Å². The normalized spacial score (nSPS) is 16.1. The third-order valence-electron chi connectivity index (χ3n) is 4.81. The molecule has 1 aliphatic heterocycles. The first kappa shape index (κ1) is 26.0. The molecule has 1 aliphatic rings. The van der Waals surface area contributed by atoms with Crippen LogP contribution < -0.4 is 5.32 Å². The fraction of sp³-hybridized carbons (Fsp3) is 0.409. The third kappa shape index (κ3) is 5.98. The Bertz CT molecular complexity index is 1040. The molecule has 1 aromatic rings. The van der Waals surface area contributed by atoms with Crippen molar-refractivity contribution in [3.8, 4) is 0 Å². The number of non-ortho nitro benzene ring substituents is 1. The van der Waals surface area contributed by atoms with Gasteiger partial charge in [0.2, 0.25) is 6.79 Å². The van der Waals surface area contributed by atoms with Crippen LogP contribution in [0.3, 0.4) is 0 Å². The number of dihydropyridines is 1. The Hall–Kier alpha value is -3.21. The Morgan fingerprint density at radius 2 is 1.82 bits per heavy atom. The molecule has 33 heavy (non-hydrogen) atoms. The number of carbonyl (C=O) groups is 3. The molecule has 0 aliphatic carbocycles. The van der Waals surface area contributed by atoms with Crippen LogP contribution in [0.2, 0.25) is 0 Å². The number of hydrogen-bond donors (Lipinski definition) is 1. The molecule has 0 spiro atoms. The van der Waals surface area contributed by atoms with Gasteiger partial charge in [-0.1, -0.05) is 28.1 Å². The van der Waals surface area contributed by atoms with Gasteiger partial charge in [0.05, 0.1) is 34.5 Å². The number of halogens is 1. The summed E-state index contributed by atoms with van der Waals surface area (Å²) < 4.78 is 15.1. The van der Waals surface area contributed by atoms with Gasteiger partial charge in [0, 0.05) is 28.9 Å². The fourth-order valence-electron chi connectivity index (χ4n) is 3.21. The van der Waals surface area contributed by atoms with Crippen molar-refractivity contribution in [1.82, 2.24) is 5.32 Å². The summed E-state index contributed by atoms with van der Waals surface area (Å²) in [6.45, 7) is 5.95. The van der Waals surface area contributed by atoms with Crippen molar-refractivity contribution in [2.24, 2.45) is 5.41 Å². The highest BCUT2D eigenvalue weighted by atomic mass is 79.9. The first-order valence-corrected chi connectivity index (χ1v) is 11.0. The SMILES string of the molecule is COC(=O)C1=C(CBr)NC(C)=C(C(=O)OCOC(=O)C(C)(C)C)[C@H]1c1cccc([N+](=O)[O-])c1. The predicted molar refractivity (Wildman–Crippen MR) is 121 cm³/mol. The predicted octanol–water partition coefficient (Wildman–Crippen LogP) is 3.47. The van der Waals surface area contributed by atoms with Gasteiger partial charge in [0.1, 0.15) is 0 Å². The molecule has 0 saturated heterocycles. The van der Waals surface area contributed by atoms with E-state index in [1.165, 1.54) is 25.3 Å². The summed E-state index contributed by atoms with van der Waals surface area (Å²) in [6, 6.07) is 5.61. The minimum atomic E-state index is -1.02. The van der Waals surface area contributed by atoms with E-state index in [0.717, 1.165) is 0 Å². The van der Waals surface area contributed by atoms with Gasteiger partial charge < -0.3 is 19.5 Å². The van der Waals surface area contributed by atoms with E-state index in [0.29, 0.717) is 17.0 Å². The third-order valence-corrected chi connectivity index (χ3v) is 5.37. The summed E-state index contributed by atoms with van der Waals surface area (Å²) in [4.78, 5) is 48.5. The van der Waals surface area contributed by atoms with E-state index in [4.69, 9.17) is 14.2 Å². The molecule has 0 bridgehead atoms. The molecule has 1 heterocycles. The number of esters is 3. The molecule has 1 N–H and O–H groups in total. The number of benzene rings is 1. The van der Waals surface area contributed by atoms with E-state index in [-0.39, 0.29) is 22.2 Å². The second-order valence-electron chi connectivity index (χ2n) is 8.20. The number of hydrogen-bond acceptors (Lipinski definition) is 9. The van der Waals surface area contributed by atoms with Crippen LogP contribution in [0, 0.1) is 15.5 Å². The summed E-state index contributed by atoms with van der Waals surface area (Å²) in [7, 11) is 1.20. The maximum atomic E-state index is 13.1. The lowest BCUT2D eigenvalue weighted by atomic mass is 9.80. The number of methoxy groups -OCH3 is 1. The number of nitro groups is 1. The summed E-state index contributed by atoms with van der Waals surface area (Å²) in [6.07, 6.45) is 0. The maximum Gasteiger partial charge on any atom is 0.339 e. The lowest BCUT2D eigenvalue weighted by Gasteiger charge is -2.30. The molecule has 0 radical (unpaired) electrons. The number of carbonyl (C=O) groups excluding carboxylic acids is 3. The zero-order valence-electron chi connectivity index (χ0n) is 18.9. The second kappa shape index (κ2) is 10.6. The van der Waals surface area contributed by atoms with Crippen LogP contribution in [0.25, 0.3) is 0 Å². The van der Waals surface area contributed by atoms with Gasteiger partial charge in [-0.05, 0) is 33.3 Å². The Morgan fingerprint density at radius 1 is 1.15 bits per heavy atom. The molecule has 11 heteroatoms. The van der Waals surface area contributed by atoms with E-state index >= 15 is 0 Å². The minimum absolute atomic E-state index is 0.0346. The molecule has 1 atom stereocenters. The van der Waals surface area contributed by atoms with E-state index in [9.17, 15) is 24.5 Å². The van der Waals surface area contributed by atoms with Crippen LogP contribution >= 0.6 is 15.9 Å². The monoisotopic (exact) mass is 524 g/mol. The lowest BCUT2D eigenvalue weighted by Crippen LogP contribution is -2.34. The van der Waals surface area contributed by atoms with Crippen LogP contribution in [-0.4, -0.2) is 42.1 Å². The standard InChI is InChI=1S/C22H25BrN2O8/c1-12-16(20(27)32-11-33-21(28)22(2,3)4)17(13-7-6-8-14(9-13)25(29)30)18(19(26)31-5)15(10-23)24-12/h6-9,17,24H,10-11H2,1-5H3/t17-/m1/s1. The highest BCUT2D eigenvalue weighted by Gasteiger charge is 2.39. The first-order chi connectivity index (χ1) is 15.4. The second-order valence-corrected chi connectivity index (χ2v) is 8.76. The Kier molecular flexibility index (Phi) is 8.37. The maximum absolute atomic E-state index is 13.1. The Morgan fingerprint density at radius 3 is 2.36 bits per heavy atom. The average Bonchev–Trinajstić information content (AvgIpc) is 2.76. The summed E-state index contributed by atoms with van der Waals surface area (Å²) in [5, 5.41) is 14.5. The van der Waals surface area contributed by atoms with Gasteiger partial charge in [-0.2, -0.15) is 0 Å². The van der Waals surface area contributed by atoms with E-state index in [2.05, 4.69) is 21.2 Å². The quantitative estimate of drug-likeness (QED) is 0.187. The molecule has 0 amide bonds. The zero-order chi connectivity index (χ0) is 24.9. The lowest BCUT2D eigenvalue weighted by molar-refractivity contribution is -0.384. The van der Waals surface area contributed by atoms with Crippen LogP contribution in [0.15, 0.2) is 46.8 Å². The summed E-state index contributed by atoms with van der Waals surface area (Å²) >= 11 is 3.31. The van der Waals surface area contributed by atoms with Crippen molar-refractivity contribution in [2.45, 2.75) is 33.6 Å². The number of nitro benzene ring substituents is 1. The fourth-order valence-corrected chi connectivity index (χ4v) is 3.65. The van der Waals surface area contributed by atoms with Crippen LogP contribution in [0.4, 0.5) is 5.69 Å². The number of ether oxygens (including phenoxy) is 3. The molecular formula is C22H25BrN2O8.